The number of fused-ring (bicyclic) bond motifs is 1. The van der Waals surface area contributed by atoms with Crippen molar-refractivity contribution in [2.75, 3.05) is 30.3 Å². The number of H-pyrrole nitrogens is 1. The van der Waals surface area contributed by atoms with Crippen LogP contribution >= 0.6 is 0 Å². The molecule has 3 aromatic rings. The number of nitrogen functional groups attached to an aromatic ring is 1. The molecule has 1 spiro atoms. The van der Waals surface area contributed by atoms with Crippen molar-refractivity contribution in [1.29, 1.82) is 0 Å². The van der Waals surface area contributed by atoms with Crippen molar-refractivity contribution >= 4 is 22.7 Å². The Morgan fingerprint density at radius 3 is 2.73 bits per heavy atom. The zero-order valence-electron chi connectivity index (χ0n) is 18.6. The molecule has 1 aromatic carbocycles. The van der Waals surface area contributed by atoms with Gasteiger partial charge in [0, 0.05) is 37.2 Å². The minimum atomic E-state index is -0.501. The predicted octanol–water partition coefficient (Wildman–Crippen LogP) is 1.11. The first kappa shape index (κ1) is 21.4. The second-order valence-corrected chi connectivity index (χ2v) is 8.95. The molecule has 0 unspecified atom stereocenters. The number of hydrogen-bond donors (Lipinski definition) is 3. The van der Waals surface area contributed by atoms with E-state index in [4.69, 9.17) is 16.2 Å². The SMILES string of the molecule is C[C@@H]1OCC2(CCN(c3nc4n[nH]c(C#Cc5ccc(F)c(N)c5)c4c(=O)n3C)CC2)[C@@H]1N. The molecule has 0 aliphatic carbocycles. The Morgan fingerprint density at radius 1 is 1.30 bits per heavy atom. The molecule has 10 heteroatoms. The third-order valence-corrected chi connectivity index (χ3v) is 6.99. The van der Waals surface area contributed by atoms with Crippen molar-refractivity contribution in [1.82, 2.24) is 19.7 Å². The van der Waals surface area contributed by atoms with Gasteiger partial charge in [-0.2, -0.15) is 10.1 Å². The van der Waals surface area contributed by atoms with E-state index in [1.807, 2.05) is 6.92 Å². The van der Waals surface area contributed by atoms with Crippen LogP contribution < -0.4 is 21.9 Å². The van der Waals surface area contributed by atoms with Gasteiger partial charge in [-0.1, -0.05) is 5.92 Å². The minimum Gasteiger partial charge on any atom is -0.396 e. The van der Waals surface area contributed by atoms with Gasteiger partial charge >= 0.3 is 0 Å². The Balaban J connectivity index is 1.43. The molecule has 0 radical (unpaired) electrons. The Labute approximate surface area is 189 Å². The molecule has 9 nitrogen and oxygen atoms in total. The average molecular weight is 452 g/mol. The van der Waals surface area contributed by atoms with Crippen molar-refractivity contribution in [2.24, 2.45) is 18.2 Å². The maximum atomic E-state index is 13.4. The van der Waals surface area contributed by atoms with Crippen molar-refractivity contribution in [3.05, 3.63) is 45.6 Å². The fourth-order valence-corrected chi connectivity index (χ4v) is 4.80. The molecule has 5 rings (SSSR count). The van der Waals surface area contributed by atoms with E-state index in [0.717, 1.165) is 25.9 Å². The van der Waals surface area contributed by atoms with Crippen LogP contribution in [0, 0.1) is 23.1 Å². The van der Waals surface area contributed by atoms with Gasteiger partial charge in [0.15, 0.2) is 5.65 Å². The third-order valence-electron chi connectivity index (χ3n) is 6.99. The lowest BCUT2D eigenvalue weighted by Crippen LogP contribution is -2.51. The monoisotopic (exact) mass is 451 g/mol. The lowest BCUT2D eigenvalue weighted by atomic mass is 9.73. The lowest BCUT2D eigenvalue weighted by Gasteiger charge is -2.41. The van der Waals surface area contributed by atoms with Crippen LogP contribution in [-0.2, 0) is 11.8 Å². The Hall–Kier alpha value is -3.42. The first-order valence-electron chi connectivity index (χ1n) is 10.9. The maximum Gasteiger partial charge on any atom is 0.267 e. The van der Waals surface area contributed by atoms with Crippen LogP contribution in [0.25, 0.3) is 11.0 Å². The van der Waals surface area contributed by atoms with Crippen molar-refractivity contribution in [3.8, 4) is 11.8 Å². The Bertz CT molecular complexity index is 1340. The molecular weight excluding hydrogens is 425 g/mol. The Kier molecular flexibility index (Phi) is 5.11. The zero-order chi connectivity index (χ0) is 23.3. The summed E-state index contributed by atoms with van der Waals surface area (Å²) in [5, 5.41) is 7.33. The number of hydrogen-bond acceptors (Lipinski definition) is 7. The van der Waals surface area contributed by atoms with Gasteiger partial charge in [-0.05, 0) is 43.9 Å². The summed E-state index contributed by atoms with van der Waals surface area (Å²) in [4.78, 5) is 19.9. The van der Waals surface area contributed by atoms with Gasteiger partial charge in [-0.3, -0.25) is 14.5 Å². The van der Waals surface area contributed by atoms with Crippen LogP contribution in [0.4, 0.5) is 16.0 Å². The number of nitrogens with two attached hydrogens (primary N) is 2. The van der Waals surface area contributed by atoms with Crippen LogP contribution in [0.15, 0.2) is 23.0 Å². The summed E-state index contributed by atoms with van der Waals surface area (Å²) in [5.74, 6) is 5.86. The summed E-state index contributed by atoms with van der Waals surface area (Å²) in [5.41, 5.74) is 13.0. The van der Waals surface area contributed by atoms with Crippen molar-refractivity contribution < 1.29 is 9.13 Å². The zero-order valence-corrected chi connectivity index (χ0v) is 18.6. The standard InChI is InChI=1S/C23H26FN7O2/c1-13-19(26)23(12-33-13)7-9-31(10-8-23)22-27-20-18(21(32)30(22)2)17(28-29-20)6-4-14-3-5-15(24)16(25)11-14/h3,5,11,13,19H,7-10,12,25-26H2,1-2H3,(H,28,29)/t13-,19+/m0/s1. The van der Waals surface area contributed by atoms with Crippen LogP contribution in [0.3, 0.4) is 0 Å². The summed E-state index contributed by atoms with van der Waals surface area (Å²) in [6.45, 7) is 4.17. The number of nitrogens with one attached hydrogen (secondary N) is 1. The maximum absolute atomic E-state index is 13.4. The van der Waals surface area contributed by atoms with E-state index in [0.29, 0.717) is 34.8 Å². The normalized spacial score (nSPS) is 22.0. The van der Waals surface area contributed by atoms with E-state index in [1.165, 1.54) is 22.8 Å². The van der Waals surface area contributed by atoms with E-state index >= 15 is 0 Å². The Morgan fingerprint density at radius 2 is 2.06 bits per heavy atom. The summed E-state index contributed by atoms with van der Waals surface area (Å²) in [7, 11) is 1.70. The number of rotatable bonds is 1. The smallest absolute Gasteiger partial charge is 0.267 e. The molecule has 2 fully saturated rings. The highest BCUT2D eigenvalue weighted by molar-refractivity contribution is 5.81. The second-order valence-electron chi connectivity index (χ2n) is 8.95. The molecule has 0 saturated carbocycles. The second kappa shape index (κ2) is 7.86. The molecular formula is C23H26FN7O2. The molecule has 33 heavy (non-hydrogen) atoms. The molecule has 0 bridgehead atoms. The fourth-order valence-electron chi connectivity index (χ4n) is 4.80. The number of nitrogens with zero attached hydrogens (tertiary/aromatic N) is 4. The van der Waals surface area contributed by atoms with Crippen LogP contribution in [0.2, 0.25) is 0 Å². The summed E-state index contributed by atoms with van der Waals surface area (Å²) >= 11 is 0. The largest absolute Gasteiger partial charge is 0.396 e. The van der Waals surface area contributed by atoms with Crippen LogP contribution in [-0.4, -0.2) is 51.6 Å². The van der Waals surface area contributed by atoms with Crippen molar-refractivity contribution in [3.63, 3.8) is 0 Å². The quantitative estimate of drug-likeness (QED) is 0.373. The van der Waals surface area contributed by atoms with Crippen LogP contribution in [0.1, 0.15) is 31.0 Å². The summed E-state index contributed by atoms with van der Waals surface area (Å²) in [6.07, 6.45) is 1.82. The number of anilines is 2. The molecule has 2 aromatic heterocycles. The van der Waals surface area contributed by atoms with E-state index in [9.17, 15) is 9.18 Å². The van der Waals surface area contributed by atoms with Gasteiger partial charge in [-0.15, -0.1) is 0 Å². The number of halogens is 1. The van der Waals surface area contributed by atoms with E-state index in [2.05, 4.69) is 31.9 Å². The summed E-state index contributed by atoms with van der Waals surface area (Å²) in [6, 6.07) is 4.24. The highest BCUT2D eigenvalue weighted by Gasteiger charge is 2.47. The average Bonchev–Trinajstić information content (AvgIpc) is 3.34. The van der Waals surface area contributed by atoms with Gasteiger partial charge in [0.25, 0.3) is 5.56 Å². The number of ether oxygens (including phenoxy) is 1. The molecule has 2 aliphatic rings. The van der Waals surface area contributed by atoms with E-state index in [1.54, 1.807) is 7.05 Å². The predicted molar refractivity (Wildman–Crippen MR) is 123 cm³/mol. The van der Waals surface area contributed by atoms with E-state index in [-0.39, 0.29) is 28.8 Å². The lowest BCUT2D eigenvalue weighted by molar-refractivity contribution is 0.0973. The molecule has 2 atom stereocenters. The highest BCUT2D eigenvalue weighted by atomic mass is 19.1. The van der Waals surface area contributed by atoms with Crippen LogP contribution in [0.5, 0.6) is 0 Å². The summed E-state index contributed by atoms with van der Waals surface area (Å²) < 4.78 is 20.7. The van der Waals surface area contributed by atoms with Gasteiger partial charge in [0.2, 0.25) is 5.95 Å². The highest BCUT2D eigenvalue weighted by Crippen LogP contribution is 2.41. The van der Waals surface area contributed by atoms with E-state index < -0.39 is 5.82 Å². The molecule has 2 saturated heterocycles. The third kappa shape index (κ3) is 3.53. The number of piperidine rings is 1. The van der Waals surface area contributed by atoms with Gasteiger partial charge < -0.3 is 21.1 Å². The number of benzene rings is 1. The first-order chi connectivity index (χ1) is 15.8. The fraction of sp³-hybridized carbons (Fsp3) is 0.435. The number of aromatic amines is 1. The molecule has 2 aliphatic heterocycles. The minimum absolute atomic E-state index is 0.0152. The molecule has 172 valence electrons. The topological polar surface area (TPSA) is 128 Å². The van der Waals surface area contributed by atoms with Crippen molar-refractivity contribution in [2.45, 2.75) is 31.9 Å². The molecule has 0 amide bonds. The van der Waals surface area contributed by atoms with Gasteiger partial charge in [0.05, 0.1) is 18.4 Å². The first-order valence-corrected chi connectivity index (χ1v) is 10.9. The number of aromatic nitrogens is 4. The molecule has 5 N–H and O–H groups in total. The molecule has 4 heterocycles. The van der Waals surface area contributed by atoms with Gasteiger partial charge in [-0.25, -0.2) is 4.39 Å². The van der Waals surface area contributed by atoms with Gasteiger partial charge in [0.1, 0.15) is 16.9 Å².